The lowest BCUT2D eigenvalue weighted by molar-refractivity contribution is -0.114. The minimum atomic E-state index is 0.164. The van der Waals surface area contributed by atoms with E-state index in [0.29, 0.717) is 19.4 Å². The van der Waals surface area contributed by atoms with Crippen molar-refractivity contribution in [2.75, 3.05) is 6.61 Å². The van der Waals surface area contributed by atoms with Crippen molar-refractivity contribution in [3.05, 3.63) is 23.6 Å². The number of nitrogens with two attached hydrogens (primary N) is 1. The van der Waals surface area contributed by atoms with E-state index in [2.05, 4.69) is 0 Å². The Hall–Kier alpha value is -1.58. The maximum absolute atomic E-state index is 10.6. The Morgan fingerprint density at radius 1 is 1.12 bits per heavy atom. The maximum atomic E-state index is 10.6. The normalized spacial score (nSPS) is 18.8. The van der Waals surface area contributed by atoms with Crippen LogP contribution in [0.25, 0.3) is 0 Å². The monoisotopic (exact) mass is 223 g/mol. The van der Waals surface area contributed by atoms with Crippen LogP contribution in [0.3, 0.4) is 0 Å². The first-order valence-electron chi connectivity index (χ1n) is 5.47. The van der Waals surface area contributed by atoms with E-state index in [-0.39, 0.29) is 11.6 Å². The van der Waals surface area contributed by atoms with E-state index in [0.717, 1.165) is 24.3 Å². The Labute approximate surface area is 95.1 Å². The summed E-state index contributed by atoms with van der Waals surface area (Å²) < 4.78 is 5.11. The molecule has 0 atom stereocenters. The zero-order valence-electron chi connectivity index (χ0n) is 9.49. The molecule has 0 bridgehead atoms. The van der Waals surface area contributed by atoms with Crippen LogP contribution in [0.15, 0.2) is 23.6 Å². The van der Waals surface area contributed by atoms with Crippen LogP contribution in [0.2, 0.25) is 0 Å². The molecule has 0 spiro atoms. The molecule has 88 valence electrons. The molecule has 0 aromatic carbocycles. The van der Waals surface area contributed by atoms with Crippen molar-refractivity contribution in [3.63, 3.8) is 0 Å². The van der Waals surface area contributed by atoms with Gasteiger partial charge in [0.05, 0.1) is 12.4 Å². The largest absolute Gasteiger partial charge is 0.498 e. The van der Waals surface area contributed by atoms with Gasteiger partial charge in [-0.3, -0.25) is 9.59 Å². The molecule has 2 aliphatic carbocycles. The highest BCUT2D eigenvalue weighted by atomic mass is 16.5. The van der Waals surface area contributed by atoms with Gasteiger partial charge in [-0.05, 0) is 19.4 Å². The van der Waals surface area contributed by atoms with Gasteiger partial charge in [0.2, 0.25) is 0 Å². The second-order valence-electron chi connectivity index (χ2n) is 3.70. The first-order valence-corrected chi connectivity index (χ1v) is 5.47. The van der Waals surface area contributed by atoms with Gasteiger partial charge < -0.3 is 10.5 Å². The van der Waals surface area contributed by atoms with Crippen molar-refractivity contribution in [3.8, 4) is 0 Å². The SMILES string of the molecule is CCOC1=CC(=O)CC1.NC1=CC(=O)CC1. The third-order valence-corrected chi connectivity index (χ3v) is 2.28. The summed E-state index contributed by atoms with van der Waals surface area (Å²) in [5.41, 5.74) is 5.99. The van der Waals surface area contributed by atoms with E-state index in [1.165, 1.54) is 6.08 Å². The Balaban J connectivity index is 0.000000165. The van der Waals surface area contributed by atoms with E-state index in [1.54, 1.807) is 6.08 Å². The highest BCUT2D eigenvalue weighted by Gasteiger charge is 2.11. The molecular formula is C12H17NO3. The lowest BCUT2D eigenvalue weighted by atomic mass is 10.3. The number of hydrogen-bond donors (Lipinski definition) is 1. The molecule has 0 fully saturated rings. The summed E-state index contributed by atoms with van der Waals surface area (Å²) in [6.07, 6.45) is 5.90. The summed E-state index contributed by atoms with van der Waals surface area (Å²) >= 11 is 0. The van der Waals surface area contributed by atoms with Crippen molar-refractivity contribution < 1.29 is 14.3 Å². The second kappa shape index (κ2) is 6.10. The van der Waals surface area contributed by atoms with Crippen molar-refractivity contribution in [2.24, 2.45) is 5.73 Å². The topological polar surface area (TPSA) is 69.4 Å². The Morgan fingerprint density at radius 2 is 1.75 bits per heavy atom. The first kappa shape index (κ1) is 12.5. The Kier molecular flexibility index (Phi) is 4.76. The molecular weight excluding hydrogens is 206 g/mol. The molecule has 0 aromatic rings. The van der Waals surface area contributed by atoms with Gasteiger partial charge in [0, 0.05) is 31.0 Å². The van der Waals surface area contributed by atoms with Crippen LogP contribution >= 0.6 is 0 Å². The van der Waals surface area contributed by atoms with E-state index >= 15 is 0 Å². The van der Waals surface area contributed by atoms with Gasteiger partial charge in [-0.1, -0.05) is 0 Å². The van der Waals surface area contributed by atoms with Gasteiger partial charge in [-0.2, -0.15) is 0 Å². The van der Waals surface area contributed by atoms with Crippen LogP contribution in [0.1, 0.15) is 32.6 Å². The van der Waals surface area contributed by atoms with E-state index in [9.17, 15) is 9.59 Å². The van der Waals surface area contributed by atoms with Crippen molar-refractivity contribution >= 4 is 11.6 Å². The quantitative estimate of drug-likeness (QED) is 0.769. The average Bonchev–Trinajstić information content (AvgIpc) is 2.78. The van der Waals surface area contributed by atoms with Crippen LogP contribution in [-0.4, -0.2) is 18.2 Å². The van der Waals surface area contributed by atoms with Crippen LogP contribution in [-0.2, 0) is 14.3 Å². The molecule has 0 saturated carbocycles. The molecule has 0 radical (unpaired) electrons. The number of hydrogen-bond acceptors (Lipinski definition) is 4. The summed E-state index contributed by atoms with van der Waals surface area (Å²) in [5, 5.41) is 0. The number of ketones is 2. The lowest BCUT2D eigenvalue weighted by Gasteiger charge is -1.99. The molecule has 0 aromatic heterocycles. The Morgan fingerprint density at radius 3 is 2.06 bits per heavy atom. The minimum absolute atomic E-state index is 0.164. The number of allylic oxidation sites excluding steroid dienone is 4. The van der Waals surface area contributed by atoms with Gasteiger partial charge >= 0.3 is 0 Å². The van der Waals surface area contributed by atoms with Gasteiger partial charge in [-0.15, -0.1) is 0 Å². The summed E-state index contributed by atoms with van der Waals surface area (Å²) in [4.78, 5) is 20.9. The Bertz CT molecular complexity index is 342. The van der Waals surface area contributed by atoms with E-state index in [1.807, 2.05) is 6.92 Å². The lowest BCUT2D eigenvalue weighted by Crippen LogP contribution is -1.89. The van der Waals surface area contributed by atoms with Crippen LogP contribution < -0.4 is 5.73 Å². The standard InChI is InChI=1S/C7H10O2.C5H7NO/c1-2-9-7-4-3-6(8)5-7;6-4-1-2-5(7)3-4/h5H,2-4H2,1H3;3H,1-2,6H2. The van der Waals surface area contributed by atoms with Gasteiger partial charge in [0.15, 0.2) is 11.6 Å². The number of rotatable bonds is 2. The molecule has 4 heteroatoms. The third kappa shape index (κ3) is 4.29. The van der Waals surface area contributed by atoms with E-state index in [4.69, 9.17) is 10.5 Å². The first-order chi connectivity index (χ1) is 7.61. The molecule has 2 N–H and O–H groups in total. The highest BCUT2D eigenvalue weighted by Crippen LogP contribution is 2.15. The summed E-state index contributed by atoms with van der Waals surface area (Å²) in [7, 11) is 0. The second-order valence-corrected chi connectivity index (χ2v) is 3.70. The van der Waals surface area contributed by atoms with Gasteiger partial charge in [0.1, 0.15) is 0 Å². The predicted octanol–water partition coefficient (Wildman–Crippen LogP) is 1.46. The fraction of sp³-hybridized carbons (Fsp3) is 0.500. The number of carbonyl (C=O) groups excluding carboxylic acids is 2. The molecule has 0 aliphatic heterocycles. The highest BCUT2D eigenvalue weighted by molar-refractivity contribution is 5.92. The maximum Gasteiger partial charge on any atom is 0.159 e. The van der Waals surface area contributed by atoms with Crippen molar-refractivity contribution in [2.45, 2.75) is 32.6 Å². The van der Waals surface area contributed by atoms with Crippen molar-refractivity contribution in [1.29, 1.82) is 0 Å². The zero-order valence-corrected chi connectivity index (χ0v) is 9.49. The van der Waals surface area contributed by atoms with E-state index < -0.39 is 0 Å². The summed E-state index contributed by atoms with van der Waals surface area (Å²) in [6, 6.07) is 0. The summed E-state index contributed by atoms with van der Waals surface area (Å²) in [5.74, 6) is 1.21. The number of carbonyl (C=O) groups is 2. The molecule has 0 amide bonds. The number of ether oxygens (including phenoxy) is 1. The zero-order chi connectivity index (χ0) is 12.0. The van der Waals surface area contributed by atoms with Crippen LogP contribution in [0.4, 0.5) is 0 Å². The molecule has 4 nitrogen and oxygen atoms in total. The van der Waals surface area contributed by atoms with Crippen LogP contribution in [0.5, 0.6) is 0 Å². The minimum Gasteiger partial charge on any atom is -0.498 e. The van der Waals surface area contributed by atoms with Crippen LogP contribution in [0, 0.1) is 0 Å². The molecule has 16 heavy (non-hydrogen) atoms. The molecule has 0 unspecified atom stereocenters. The van der Waals surface area contributed by atoms with Gasteiger partial charge in [-0.25, -0.2) is 0 Å². The molecule has 2 aliphatic rings. The summed E-state index contributed by atoms with van der Waals surface area (Å²) in [6.45, 7) is 2.59. The third-order valence-electron chi connectivity index (χ3n) is 2.28. The molecule has 0 heterocycles. The fourth-order valence-corrected chi connectivity index (χ4v) is 1.49. The predicted molar refractivity (Wildman–Crippen MR) is 60.5 cm³/mol. The van der Waals surface area contributed by atoms with Gasteiger partial charge in [0.25, 0.3) is 0 Å². The smallest absolute Gasteiger partial charge is 0.159 e. The molecule has 0 saturated heterocycles. The average molecular weight is 223 g/mol. The molecule has 2 rings (SSSR count). The fourth-order valence-electron chi connectivity index (χ4n) is 1.49. The van der Waals surface area contributed by atoms with Crippen molar-refractivity contribution in [1.82, 2.24) is 0 Å².